The highest BCUT2D eigenvalue weighted by Crippen LogP contribution is 2.09. The molecule has 0 amide bonds. The van der Waals surface area contributed by atoms with Crippen LogP contribution in [0.2, 0.25) is 0 Å². The van der Waals surface area contributed by atoms with Crippen LogP contribution in [-0.2, 0) is 23.9 Å². The van der Waals surface area contributed by atoms with Crippen LogP contribution in [0.25, 0.3) is 0 Å². The number of rotatable bonds is 18. The van der Waals surface area contributed by atoms with Crippen LogP contribution >= 0.6 is 0 Å². The van der Waals surface area contributed by atoms with Crippen molar-refractivity contribution in [1.29, 1.82) is 0 Å². The Bertz CT molecular complexity index is 509. The number of aliphatic hydroxyl groups excluding tert-OH is 1. The number of aliphatic hydroxyl groups is 1. The highest BCUT2D eigenvalue weighted by molar-refractivity contribution is 5.89. The minimum atomic E-state index is -0.793. The third-order valence-corrected chi connectivity index (χ3v) is 4.28. The lowest BCUT2D eigenvalue weighted by Gasteiger charge is -2.15. The molecule has 0 spiro atoms. The second kappa shape index (κ2) is 19.4. The molecule has 6 nitrogen and oxygen atoms in total. The van der Waals surface area contributed by atoms with E-state index in [-0.39, 0.29) is 25.0 Å². The smallest absolute Gasteiger partial charge is 0.306 e. The van der Waals surface area contributed by atoms with E-state index in [0.717, 1.165) is 57.8 Å². The summed E-state index contributed by atoms with van der Waals surface area (Å²) >= 11 is 0. The zero-order valence-electron chi connectivity index (χ0n) is 18.1. The molecule has 0 unspecified atom stereocenters. The average Bonchev–Trinajstić information content (AvgIpc) is 2.69. The molecule has 0 saturated heterocycles. The Morgan fingerprint density at radius 1 is 0.931 bits per heavy atom. The number of unbranched alkanes of at least 4 members (excludes halogenated alkanes) is 7. The molecule has 0 aromatic carbocycles. The first kappa shape index (κ1) is 27.0. The number of hydrogen-bond donors (Lipinski definition) is 1. The highest BCUT2D eigenvalue weighted by atomic mass is 16.6. The second-order valence-electron chi connectivity index (χ2n) is 7.11. The third kappa shape index (κ3) is 19.2. The molecular formula is C23H38O6. The molecule has 0 fully saturated rings. The van der Waals surface area contributed by atoms with E-state index in [1.165, 1.54) is 6.92 Å². The van der Waals surface area contributed by atoms with E-state index < -0.39 is 12.1 Å². The maximum Gasteiger partial charge on any atom is 0.306 e. The molecule has 0 bridgehead atoms. The molecule has 0 aromatic rings. The van der Waals surface area contributed by atoms with Gasteiger partial charge in [0.2, 0.25) is 0 Å². The number of allylic oxidation sites excluding steroid dienone is 4. The number of carbonyl (C=O) groups excluding carboxylic acids is 3. The number of esters is 2. The Labute approximate surface area is 175 Å². The van der Waals surface area contributed by atoms with E-state index in [9.17, 15) is 14.4 Å². The van der Waals surface area contributed by atoms with Gasteiger partial charge in [0.25, 0.3) is 0 Å². The van der Waals surface area contributed by atoms with Crippen LogP contribution in [0.5, 0.6) is 0 Å². The summed E-state index contributed by atoms with van der Waals surface area (Å²) in [4.78, 5) is 34.0. The number of ether oxygens (including phenoxy) is 2. The van der Waals surface area contributed by atoms with Gasteiger partial charge in [-0.15, -0.1) is 0 Å². The van der Waals surface area contributed by atoms with Gasteiger partial charge in [-0.25, -0.2) is 0 Å². The fraction of sp³-hybridized carbons (Fsp3) is 0.696. The number of ketones is 1. The Morgan fingerprint density at radius 3 is 2.31 bits per heavy atom. The lowest BCUT2D eigenvalue weighted by Crippen LogP contribution is -2.28. The van der Waals surface area contributed by atoms with Crippen molar-refractivity contribution in [2.75, 3.05) is 13.2 Å². The van der Waals surface area contributed by atoms with Crippen LogP contribution in [0.1, 0.15) is 84.5 Å². The van der Waals surface area contributed by atoms with Gasteiger partial charge in [0.05, 0.1) is 6.61 Å². The second-order valence-corrected chi connectivity index (χ2v) is 7.11. The molecule has 0 aromatic heterocycles. The number of carbonyl (C=O) groups is 3. The topological polar surface area (TPSA) is 89.9 Å². The molecule has 166 valence electrons. The van der Waals surface area contributed by atoms with Crippen molar-refractivity contribution in [3.8, 4) is 0 Å². The minimum absolute atomic E-state index is 0.118. The minimum Gasteiger partial charge on any atom is -0.462 e. The molecule has 0 rings (SSSR count). The average molecular weight is 411 g/mol. The monoisotopic (exact) mass is 410 g/mol. The standard InChI is InChI=1S/C23H38O6/c1-3-4-12-15-21(26)16-13-10-8-6-5-7-9-11-14-17-23(27)29-22(18-24)19-28-20(2)25/h8,10,13,16,22,24H,3-7,9,11-12,14-15,17-19H2,1-2H3/b10-8-,16-13+/t22-/m0/s1. The summed E-state index contributed by atoms with van der Waals surface area (Å²) in [6.07, 6.45) is 16.7. The van der Waals surface area contributed by atoms with Crippen molar-refractivity contribution < 1.29 is 29.0 Å². The highest BCUT2D eigenvalue weighted by Gasteiger charge is 2.14. The molecule has 0 aliphatic carbocycles. The predicted octanol–water partition coefficient (Wildman–Crippen LogP) is 4.45. The molecule has 0 aliphatic rings. The fourth-order valence-electron chi connectivity index (χ4n) is 2.61. The van der Waals surface area contributed by atoms with Crippen molar-refractivity contribution in [3.05, 3.63) is 24.3 Å². The van der Waals surface area contributed by atoms with E-state index in [0.29, 0.717) is 12.8 Å². The zero-order chi connectivity index (χ0) is 21.7. The summed E-state index contributed by atoms with van der Waals surface area (Å²) in [5.74, 6) is -0.658. The number of hydrogen-bond acceptors (Lipinski definition) is 6. The molecule has 1 N–H and O–H groups in total. The van der Waals surface area contributed by atoms with Crippen molar-refractivity contribution in [1.82, 2.24) is 0 Å². The molecule has 1 atom stereocenters. The first-order chi connectivity index (χ1) is 14.0. The van der Waals surface area contributed by atoms with E-state index in [1.807, 2.05) is 12.2 Å². The Hall–Kier alpha value is -1.95. The van der Waals surface area contributed by atoms with Crippen molar-refractivity contribution >= 4 is 17.7 Å². The van der Waals surface area contributed by atoms with Crippen molar-refractivity contribution in [2.45, 2.75) is 90.6 Å². The Balaban J connectivity index is 3.61. The van der Waals surface area contributed by atoms with E-state index in [2.05, 4.69) is 13.0 Å². The van der Waals surface area contributed by atoms with Crippen LogP contribution < -0.4 is 0 Å². The maximum atomic E-state index is 11.7. The van der Waals surface area contributed by atoms with Gasteiger partial charge in [0.1, 0.15) is 6.61 Å². The Kier molecular flexibility index (Phi) is 18.1. The molecule has 0 radical (unpaired) electrons. The van der Waals surface area contributed by atoms with Gasteiger partial charge in [0, 0.05) is 19.8 Å². The molecule has 6 heteroatoms. The van der Waals surface area contributed by atoms with Gasteiger partial charge < -0.3 is 14.6 Å². The van der Waals surface area contributed by atoms with Gasteiger partial charge in [-0.3, -0.25) is 14.4 Å². The summed E-state index contributed by atoms with van der Waals surface area (Å²) in [5, 5.41) is 9.11. The van der Waals surface area contributed by atoms with Crippen LogP contribution in [0.15, 0.2) is 24.3 Å². The summed E-state index contributed by atoms with van der Waals surface area (Å²) < 4.78 is 9.80. The van der Waals surface area contributed by atoms with Crippen LogP contribution in [-0.4, -0.2) is 42.1 Å². The summed E-state index contributed by atoms with van der Waals surface area (Å²) in [6, 6.07) is 0. The van der Waals surface area contributed by atoms with Gasteiger partial charge >= 0.3 is 11.9 Å². The van der Waals surface area contributed by atoms with Gasteiger partial charge in [-0.2, -0.15) is 0 Å². The first-order valence-electron chi connectivity index (χ1n) is 10.8. The van der Waals surface area contributed by atoms with E-state index in [1.54, 1.807) is 6.08 Å². The molecule has 0 aliphatic heterocycles. The van der Waals surface area contributed by atoms with Crippen LogP contribution in [0.3, 0.4) is 0 Å². The SMILES string of the molecule is CCCCCC(=O)/C=C/C=C\CCCCCCCC(=O)O[C@@H](CO)COC(C)=O. The third-order valence-electron chi connectivity index (χ3n) is 4.28. The largest absolute Gasteiger partial charge is 0.462 e. The first-order valence-corrected chi connectivity index (χ1v) is 10.8. The van der Waals surface area contributed by atoms with Crippen LogP contribution in [0.4, 0.5) is 0 Å². The van der Waals surface area contributed by atoms with Gasteiger partial charge in [0.15, 0.2) is 11.9 Å². The molecule has 0 heterocycles. The van der Waals surface area contributed by atoms with Crippen molar-refractivity contribution in [2.24, 2.45) is 0 Å². The van der Waals surface area contributed by atoms with Gasteiger partial charge in [-0.1, -0.05) is 57.3 Å². The summed E-state index contributed by atoms with van der Waals surface area (Å²) in [5.41, 5.74) is 0. The quantitative estimate of drug-likeness (QED) is 0.155. The Morgan fingerprint density at radius 2 is 1.62 bits per heavy atom. The maximum absolute atomic E-state index is 11.7. The lowest BCUT2D eigenvalue weighted by atomic mass is 10.1. The van der Waals surface area contributed by atoms with Crippen LogP contribution in [0, 0.1) is 0 Å². The normalized spacial score (nSPS) is 12.4. The van der Waals surface area contributed by atoms with E-state index >= 15 is 0 Å². The van der Waals surface area contributed by atoms with Crippen molar-refractivity contribution in [3.63, 3.8) is 0 Å². The summed E-state index contributed by atoms with van der Waals surface area (Å²) in [7, 11) is 0. The predicted molar refractivity (Wildman–Crippen MR) is 113 cm³/mol. The lowest BCUT2D eigenvalue weighted by molar-refractivity contribution is -0.160. The molecular weight excluding hydrogens is 372 g/mol. The molecule has 29 heavy (non-hydrogen) atoms. The summed E-state index contributed by atoms with van der Waals surface area (Å²) in [6.45, 7) is 2.90. The molecule has 0 saturated carbocycles. The van der Waals surface area contributed by atoms with Gasteiger partial charge in [-0.05, 0) is 31.8 Å². The van der Waals surface area contributed by atoms with E-state index in [4.69, 9.17) is 14.6 Å². The fourth-order valence-corrected chi connectivity index (χ4v) is 2.61. The zero-order valence-corrected chi connectivity index (χ0v) is 18.1.